The number of hydrogen-bond acceptors (Lipinski definition) is 6. The molecule has 0 bridgehead atoms. The van der Waals surface area contributed by atoms with Gasteiger partial charge in [0.05, 0.1) is 26.2 Å². The van der Waals surface area contributed by atoms with E-state index in [4.69, 9.17) is 18.3 Å². The van der Waals surface area contributed by atoms with E-state index in [2.05, 4.69) is 28.9 Å². The largest absolute Gasteiger partial charge is 0.493 e. The van der Waals surface area contributed by atoms with Crippen LogP contribution in [0.4, 0.5) is 0 Å². The van der Waals surface area contributed by atoms with Gasteiger partial charge in [0, 0.05) is 19.1 Å². The van der Waals surface area contributed by atoms with Crippen molar-refractivity contribution < 1.29 is 18.3 Å². The normalized spacial score (nSPS) is 17.0. The Morgan fingerprint density at radius 2 is 2.00 bits per heavy atom. The second-order valence-electron chi connectivity index (χ2n) is 6.80. The van der Waals surface area contributed by atoms with Gasteiger partial charge in [0.15, 0.2) is 17.3 Å². The lowest BCUT2D eigenvalue weighted by atomic mass is 9.92. The third kappa shape index (κ3) is 3.21. The van der Waals surface area contributed by atoms with Crippen molar-refractivity contribution in [3.05, 3.63) is 53.1 Å². The predicted octanol–water partition coefficient (Wildman–Crippen LogP) is 4.38. The van der Waals surface area contributed by atoms with Gasteiger partial charge in [-0.05, 0) is 55.7 Å². The van der Waals surface area contributed by atoms with Crippen LogP contribution in [0.2, 0.25) is 0 Å². The molecule has 0 amide bonds. The van der Waals surface area contributed by atoms with Crippen molar-refractivity contribution in [2.45, 2.75) is 32.9 Å². The molecule has 1 aliphatic heterocycles. The van der Waals surface area contributed by atoms with Gasteiger partial charge in [-0.25, -0.2) is 4.98 Å². The average Bonchev–Trinajstić information content (AvgIpc) is 3.33. The zero-order valence-corrected chi connectivity index (χ0v) is 16.1. The van der Waals surface area contributed by atoms with E-state index in [1.807, 2.05) is 19.1 Å². The number of ether oxygens (including phenoxy) is 2. The van der Waals surface area contributed by atoms with Gasteiger partial charge in [0.1, 0.15) is 5.76 Å². The first-order chi connectivity index (χ1) is 13.1. The molecule has 2 aromatic heterocycles. The SMILES string of the molecule is COc1cc2c(cc1OC)[C@@H](C)N(Cc1nc(-c3ccco3)oc1C)CC2. The molecule has 6 heteroatoms. The van der Waals surface area contributed by atoms with Crippen molar-refractivity contribution in [3.8, 4) is 23.1 Å². The van der Waals surface area contributed by atoms with E-state index in [-0.39, 0.29) is 6.04 Å². The summed E-state index contributed by atoms with van der Waals surface area (Å²) in [5.41, 5.74) is 3.52. The maximum absolute atomic E-state index is 5.80. The molecule has 0 N–H and O–H groups in total. The Morgan fingerprint density at radius 3 is 2.70 bits per heavy atom. The van der Waals surface area contributed by atoms with Gasteiger partial charge in [-0.15, -0.1) is 0 Å². The van der Waals surface area contributed by atoms with E-state index in [1.54, 1.807) is 20.5 Å². The summed E-state index contributed by atoms with van der Waals surface area (Å²) in [5, 5.41) is 0. The van der Waals surface area contributed by atoms with Crippen LogP contribution in [0.25, 0.3) is 11.7 Å². The Bertz CT molecular complexity index is 930. The van der Waals surface area contributed by atoms with E-state index in [0.29, 0.717) is 11.7 Å². The molecule has 0 aliphatic carbocycles. The molecule has 3 aromatic rings. The van der Waals surface area contributed by atoms with Gasteiger partial charge in [-0.2, -0.15) is 0 Å². The molecule has 0 saturated carbocycles. The van der Waals surface area contributed by atoms with Gasteiger partial charge < -0.3 is 18.3 Å². The molecule has 142 valence electrons. The molecular formula is C21H24N2O4. The Morgan fingerprint density at radius 1 is 1.22 bits per heavy atom. The minimum atomic E-state index is 0.247. The molecule has 4 rings (SSSR count). The first-order valence-electron chi connectivity index (χ1n) is 9.09. The Hall–Kier alpha value is -2.73. The summed E-state index contributed by atoms with van der Waals surface area (Å²) in [5.74, 6) is 3.56. The highest BCUT2D eigenvalue weighted by molar-refractivity contribution is 5.49. The lowest BCUT2D eigenvalue weighted by Crippen LogP contribution is -2.33. The molecule has 0 radical (unpaired) electrons. The first kappa shape index (κ1) is 17.7. The summed E-state index contributed by atoms with van der Waals surface area (Å²) in [4.78, 5) is 7.06. The molecule has 0 spiro atoms. The highest BCUT2D eigenvalue weighted by Crippen LogP contribution is 2.38. The fourth-order valence-electron chi connectivity index (χ4n) is 3.69. The van der Waals surface area contributed by atoms with E-state index >= 15 is 0 Å². The van der Waals surface area contributed by atoms with Crippen LogP contribution in [0.1, 0.15) is 35.5 Å². The number of rotatable bonds is 5. The molecule has 1 atom stereocenters. The van der Waals surface area contributed by atoms with Crippen LogP contribution in [0.5, 0.6) is 11.5 Å². The third-order valence-electron chi connectivity index (χ3n) is 5.29. The lowest BCUT2D eigenvalue weighted by molar-refractivity contribution is 0.186. The van der Waals surface area contributed by atoms with Crippen LogP contribution in [0.3, 0.4) is 0 Å². The third-order valence-corrected chi connectivity index (χ3v) is 5.29. The van der Waals surface area contributed by atoms with Crippen molar-refractivity contribution >= 4 is 0 Å². The van der Waals surface area contributed by atoms with Gasteiger partial charge in [0.2, 0.25) is 0 Å². The summed E-state index contributed by atoms with van der Waals surface area (Å²) >= 11 is 0. The molecule has 1 aliphatic rings. The molecule has 0 unspecified atom stereocenters. The highest BCUT2D eigenvalue weighted by Gasteiger charge is 2.27. The minimum Gasteiger partial charge on any atom is -0.493 e. The predicted molar refractivity (Wildman–Crippen MR) is 101 cm³/mol. The molecular weight excluding hydrogens is 344 g/mol. The van der Waals surface area contributed by atoms with Crippen LogP contribution < -0.4 is 9.47 Å². The summed E-state index contributed by atoms with van der Waals surface area (Å²) < 4.78 is 22.1. The summed E-state index contributed by atoms with van der Waals surface area (Å²) in [6.07, 6.45) is 2.59. The van der Waals surface area contributed by atoms with Gasteiger partial charge in [-0.1, -0.05) is 0 Å². The minimum absolute atomic E-state index is 0.247. The van der Waals surface area contributed by atoms with E-state index in [0.717, 1.165) is 42.5 Å². The Balaban J connectivity index is 1.58. The summed E-state index contributed by atoms with van der Waals surface area (Å²) in [7, 11) is 3.34. The highest BCUT2D eigenvalue weighted by atomic mass is 16.5. The smallest absolute Gasteiger partial charge is 0.263 e. The molecule has 0 fully saturated rings. The second-order valence-corrected chi connectivity index (χ2v) is 6.80. The van der Waals surface area contributed by atoms with E-state index < -0.39 is 0 Å². The fourth-order valence-corrected chi connectivity index (χ4v) is 3.69. The van der Waals surface area contributed by atoms with Crippen molar-refractivity contribution in [3.63, 3.8) is 0 Å². The van der Waals surface area contributed by atoms with Crippen molar-refractivity contribution in [2.24, 2.45) is 0 Å². The zero-order valence-electron chi connectivity index (χ0n) is 16.1. The standard InChI is InChI=1S/C21H24N2O4/c1-13-16-11-20(25-4)19(24-3)10-15(16)7-8-23(13)12-17-14(2)27-21(22-17)18-6-5-9-26-18/h5-6,9-11,13H,7-8,12H2,1-4H3/t13-/m1/s1. The molecule has 3 heterocycles. The van der Waals surface area contributed by atoms with Crippen LogP contribution in [0.15, 0.2) is 39.4 Å². The van der Waals surface area contributed by atoms with Crippen molar-refractivity contribution in [1.82, 2.24) is 9.88 Å². The van der Waals surface area contributed by atoms with Crippen LogP contribution in [-0.2, 0) is 13.0 Å². The number of hydrogen-bond donors (Lipinski definition) is 0. The van der Waals surface area contributed by atoms with Gasteiger partial charge in [0.25, 0.3) is 5.89 Å². The number of oxazole rings is 1. The van der Waals surface area contributed by atoms with Gasteiger partial charge in [-0.3, -0.25) is 4.90 Å². The number of aromatic nitrogens is 1. The van der Waals surface area contributed by atoms with Crippen LogP contribution >= 0.6 is 0 Å². The average molecular weight is 368 g/mol. The van der Waals surface area contributed by atoms with Crippen molar-refractivity contribution in [1.29, 1.82) is 0 Å². The van der Waals surface area contributed by atoms with Crippen LogP contribution in [0, 0.1) is 6.92 Å². The number of furan rings is 1. The monoisotopic (exact) mass is 368 g/mol. The molecule has 0 saturated heterocycles. The molecule has 6 nitrogen and oxygen atoms in total. The maximum atomic E-state index is 5.80. The fraction of sp³-hybridized carbons (Fsp3) is 0.381. The maximum Gasteiger partial charge on any atom is 0.263 e. The van der Waals surface area contributed by atoms with E-state index in [9.17, 15) is 0 Å². The van der Waals surface area contributed by atoms with Gasteiger partial charge >= 0.3 is 0 Å². The number of fused-ring (bicyclic) bond motifs is 1. The molecule has 27 heavy (non-hydrogen) atoms. The Labute approximate surface area is 158 Å². The Kier molecular flexibility index (Phi) is 4.66. The number of nitrogens with zero attached hydrogens (tertiary/aromatic N) is 2. The number of aryl methyl sites for hydroxylation is 1. The zero-order chi connectivity index (χ0) is 19.0. The topological polar surface area (TPSA) is 60.9 Å². The first-order valence-corrected chi connectivity index (χ1v) is 9.09. The van der Waals surface area contributed by atoms with E-state index in [1.165, 1.54) is 11.1 Å². The lowest BCUT2D eigenvalue weighted by Gasteiger charge is -2.35. The summed E-state index contributed by atoms with van der Waals surface area (Å²) in [6.45, 7) is 5.84. The molecule has 1 aromatic carbocycles. The second kappa shape index (κ2) is 7.12. The van der Waals surface area contributed by atoms with Crippen molar-refractivity contribution in [2.75, 3.05) is 20.8 Å². The quantitative estimate of drug-likeness (QED) is 0.666. The van der Waals surface area contributed by atoms with Crippen LogP contribution in [-0.4, -0.2) is 30.6 Å². The number of benzene rings is 1. The summed E-state index contributed by atoms with van der Waals surface area (Å²) in [6, 6.07) is 8.12. The number of methoxy groups -OCH3 is 2.